The molecule has 1 nitrogen and oxygen atoms in total. The molecule has 1 aromatic heterocycles. The lowest BCUT2D eigenvalue weighted by atomic mass is 10.0. The van der Waals surface area contributed by atoms with E-state index < -0.39 is 6.10 Å². The van der Waals surface area contributed by atoms with Crippen LogP contribution in [0.3, 0.4) is 0 Å². The van der Waals surface area contributed by atoms with Crippen LogP contribution in [0.1, 0.15) is 17.2 Å². The molecule has 2 aromatic rings. The largest absolute Gasteiger partial charge is 0.384 e. The van der Waals surface area contributed by atoms with Crippen molar-refractivity contribution in [3.8, 4) is 0 Å². The molecule has 0 spiro atoms. The Labute approximate surface area is 109 Å². The zero-order valence-corrected chi connectivity index (χ0v) is 11.6. The second kappa shape index (κ2) is 4.78. The Bertz CT molecular complexity index is 467. The van der Waals surface area contributed by atoms with E-state index in [0.29, 0.717) is 0 Å². The van der Waals surface area contributed by atoms with Gasteiger partial charge in [0.15, 0.2) is 0 Å². The molecule has 1 atom stereocenters. The molecule has 4 heteroatoms. The quantitative estimate of drug-likeness (QED) is 0.855. The first-order valence-electron chi connectivity index (χ1n) is 4.34. The van der Waals surface area contributed by atoms with E-state index in [0.717, 1.165) is 20.1 Å². The first-order chi connectivity index (χ1) is 7.20. The topological polar surface area (TPSA) is 20.2 Å². The van der Waals surface area contributed by atoms with Gasteiger partial charge in [-0.05, 0) is 32.9 Å². The summed E-state index contributed by atoms with van der Waals surface area (Å²) in [6, 6.07) is 7.70. The molecule has 15 heavy (non-hydrogen) atoms. The molecule has 0 radical (unpaired) electrons. The fourth-order valence-electron chi connectivity index (χ4n) is 1.35. The van der Waals surface area contributed by atoms with Gasteiger partial charge in [-0.15, -0.1) is 0 Å². The lowest BCUT2D eigenvalue weighted by Crippen LogP contribution is -1.99. The average molecular weight is 348 g/mol. The third-order valence-electron chi connectivity index (χ3n) is 2.14. The van der Waals surface area contributed by atoms with Crippen molar-refractivity contribution in [2.75, 3.05) is 0 Å². The summed E-state index contributed by atoms with van der Waals surface area (Å²) in [6.45, 7) is 0. The number of benzene rings is 1. The minimum Gasteiger partial charge on any atom is -0.384 e. The van der Waals surface area contributed by atoms with Crippen LogP contribution in [0.25, 0.3) is 0 Å². The Balaban J connectivity index is 2.41. The molecule has 0 saturated heterocycles. The predicted molar refractivity (Wildman–Crippen MR) is 70.2 cm³/mol. The van der Waals surface area contributed by atoms with Crippen LogP contribution in [-0.4, -0.2) is 5.11 Å². The Kier molecular flexibility index (Phi) is 3.61. The maximum Gasteiger partial charge on any atom is 0.107 e. The summed E-state index contributed by atoms with van der Waals surface area (Å²) < 4.78 is 1.88. The zero-order chi connectivity index (χ0) is 10.8. The number of halogens is 2. The Morgan fingerprint density at radius 3 is 2.33 bits per heavy atom. The summed E-state index contributed by atoms with van der Waals surface area (Å²) in [5.74, 6) is 0. The van der Waals surface area contributed by atoms with Crippen LogP contribution in [0.4, 0.5) is 0 Å². The van der Waals surface area contributed by atoms with Gasteiger partial charge in [-0.25, -0.2) is 0 Å². The molecule has 78 valence electrons. The lowest BCUT2D eigenvalue weighted by molar-refractivity contribution is 0.219. The minimum absolute atomic E-state index is 0.582. The second-order valence-electron chi connectivity index (χ2n) is 3.10. The van der Waals surface area contributed by atoms with Gasteiger partial charge in [0, 0.05) is 19.9 Å². The van der Waals surface area contributed by atoms with Crippen LogP contribution >= 0.6 is 43.2 Å². The van der Waals surface area contributed by atoms with Crippen LogP contribution in [-0.2, 0) is 0 Å². The summed E-state index contributed by atoms with van der Waals surface area (Å²) >= 11 is 8.43. The SMILES string of the molecule is OC(c1ccccc1Br)c1cscc1Br. The van der Waals surface area contributed by atoms with E-state index in [4.69, 9.17) is 0 Å². The van der Waals surface area contributed by atoms with Crippen molar-refractivity contribution in [1.29, 1.82) is 0 Å². The second-order valence-corrected chi connectivity index (χ2v) is 5.55. The first-order valence-corrected chi connectivity index (χ1v) is 6.87. The van der Waals surface area contributed by atoms with Gasteiger partial charge >= 0.3 is 0 Å². The van der Waals surface area contributed by atoms with Gasteiger partial charge in [0.2, 0.25) is 0 Å². The number of rotatable bonds is 2. The molecule has 1 N–H and O–H groups in total. The molecule has 2 rings (SSSR count). The van der Waals surface area contributed by atoms with E-state index in [1.165, 1.54) is 0 Å². The highest BCUT2D eigenvalue weighted by Gasteiger charge is 2.16. The van der Waals surface area contributed by atoms with Crippen molar-refractivity contribution < 1.29 is 5.11 Å². The molecular formula is C11H8Br2OS. The van der Waals surface area contributed by atoms with E-state index in [1.54, 1.807) is 11.3 Å². The number of hydrogen-bond acceptors (Lipinski definition) is 2. The van der Waals surface area contributed by atoms with Crippen LogP contribution in [0.15, 0.2) is 44.0 Å². The average Bonchev–Trinajstić information content (AvgIpc) is 2.64. The maximum absolute atomic E-state index is 10.2. The van der Waals surface area contributed by atoms with E-state index in [-0.39, 0.29) is 0 Å². The standard InChI is InChI=1S/C11H8Br2OS/c12-9-4-2-1-3-7(9)11(14)8-5-15-6-10(8)13/h1-6,11,14H. The third-order valence-corrected chi connectivity index (χ3v) is 4.61. The fraction of sp³-hybridized carbons (Fsp3) is 0.0909. The summed E-state index contributed by atoms with van der Waals surface area (Å²) in [7, 11) is 0. The zero-order valence-electron chi connectivity index (χ0n) is 7.65. The Hall–Kier alpha value is -0.160. The van der Waals surface area contributed by atoms with Crippen molar-refractivity contribution in [3.63, 3.8) is 0 Å². The van der Waals surface area contributed by atoms with Crippen LogP contribution in [0, 0.1) is 0 Å². The molecule has 1 heterocycles. The Morgan fingerprint density at radius 2 is 1.73 bits per heavy atom. The van der Waals surface area contributed by atoms with E-state index >= 15 is 0 Å². The number of thiophene rings is 1. The van der Waals surface area contributed by atoms with Gasteiger partial charge in [-0.1, -0.05) is 34.1 Å². The summed E-state index contributed by atoms with van der Waals surface area (Å²) in [5, 5.41) is 14.1. The summed E-state index contributed by atoms with van der Waals surface area (Å²) in [4.78, 5) is 0. The molecule has 1 aromatic carbocycles. The molecule has 0 aliphatic rings. The van der Waals surface area contributed by atoms with Crippen LogP contribution in [0.2, 0.25) is 0 Å². The van der Waals surface area contributed by atoms with Gasteiger partial charge < -0.3 is 5.11 Å². The van der Waals surface area contributed by atoms with Gasteiger partial charge in [0.25, 0.3) is 0 Å². The van der Waals surface area contributed by atoms with Crippen molar-refractivity contribution in [2.45, 2.75) is 6.10 Å². The van der Waals surface area contributed by atoms with Gasteiger partial charge in [-0.2, -0.15) is 11.3 Å². The molecule has 0 bridgehead atoms. The molecule has 0 aliphatic carbocycles. The van der Waals surface area contributed by atoms with E-state index in [1.807, 2.05) is 35.0 Å². The smallest absolute Gasteiger partial charge is 0.107 e. The van der Waals surface area contributed by atoms with Gasteiger partial charge in [-0.3, -0.25) is 0 Å². The molecule has 0 aliphatic heterocycles. The van der Waals surface area contributed by atoms with Crippen molar-refractivity contribution in [1.82, 2.24) is 0 Å². The summed E-state index contributed by atoms with van der Waals surface area (Å²) in [5.41, 5.74) is 1.79. The first kappa shape index (κ1) is 11.3. The Morgan fingerprint density at radius 1 is 1.00 bits per heavy atom. The normalized spacial score (nSPS) is 12.7. The monoisotopic (exact) mass is 346 g/mol. The van der Waals surface area contributed by atoms with Gasteiger partial charge in [0.05, 0.1) is 0 Å². The molecule has 1 unspecified atom stereocenters. The molecular weight excluding hydrogens is 340 g/mol. The third kappa shape index (κ3) is 2.33. The van der Waals surface area contributed by atoms with Crippen LogP contribution < -0.4 is 0 Å². The van der Waals surface area contributed by atoms with Gasteiger partial charge in [0.1, 0.15) is 6.10 Å². The predicted octanol–water partition coefficient (Wildman–Crippen LogP) is 4.35. The highest BCUT2D eigenvalue weighted by Crippen LogP contribution is 2.34. The minimum atomic E-state index is -0.582. The summed E-state index contributed by atoms with van der Waals surface area (Å²) in [6.07, 6.45) is -0.582. The number of hydrogen-bond donors (Lipinski definition) is 1. The fourth-order valence-corrected chi connectivity index (χ4v) is 3.39. The van der Waals surface area contributed by atoms with Crippen molar-refractivity contribution in [3.05, 3.63) is 55.1 Å². The van der Waals surface area contributed by atoms with E-state index in [9.17, 15) is 5.11 Å². The van der Waals surface area contributed by atoms with Crippen molar-refractivity contribution in [2.24, 2.45) is 0 Å². The number of aliphatic hydroxyl groups is 1. The lowest BCUT2D eigenvalue weighted by Gasteiger charge is -2.12. The highest BCUT2D eigenvalue weighted by atomic mass is 79.9. The van der Waals surface area contributed by atoms with Crippen molar-refractivity contribution >= 4 is 43.2 Å². The molecule has 0 amide bonds. The maximum atomic E-state index is 10.2. The van der Waals surface area contributed by atoms with Crippen LogP contribution in [0.5, 0.6) is 0 Å². The van der Waals surface area contributed by atoms with E-state index in [2.05, 4.69) is 31.9 Å². The number of aliphatic hydroxyl groups excluding tert-OH is 1. The highest BCUT2D eigenvalue weighted by molar-refractivity contribution is 9.10. The molecule has 0 fully saturated rings. The molecule has 0 saturated carbocycles.